The lowest BCUT2D eigenvalue weighted by Crippen LogP contribution is -1.94. The molecular formula is C15H9F2NO. The van der Waals surface area contributed by atoms with Gasteiger partial charge in [0.2, 0.25) is 0 Å². The van der Waals surface area contributed by atoms with Gasteiger partial charge >= 0.3 is 0 Å². The van der Waals surface area contributed by atoms with Gasteiger partial charge in [0.25, 0.3) is 0 Å². The van der Waals surface area contributed by atoms with Crippen LogP contribution >= 0.6 is 0 Å². The van der Waals surface area contributed by atoms with Crippen molar-refractivity contribution in [1.82, 2.24) is 4.98 Å². The van der Waals surface area contributed by atoms with Crippen LogP contribution in [0.5, 0.6) is 0 Å². The summed E-state index contributed by atoms with van der Waals surface area (Å²) in [5.41, 5.74) is 0.997. The fourth-order valence-electron chi connectivity index (χ4n) is 1.68. The van der Waals surface area contributed by atoms with Gasteiger partial charge in [0.1, 0.15) is 11.6 Å². The number of aldehydes is 1. The molecule has 0 spiro atoms. The van der Waals surface area contributed by atoms with Crippen LogP contribution in [0.15, 0.2) is 30.6 Å². The van der Waals surface area contributed by atoms with Crippen LogP contribution in [0.3, 0.4) is 0 Å². The summed E-state index contributed by atoms with van der Waals surface area (Å²) >= 11 is 0. The zero-order valence-corrected chi connectivity index (χ0v) is 10.1. The summed E-state index contributed by atoms with van der Waals surface area (Å²) < 4.78 is 27.0. The standard InChI is InChI=1S/C15H9F2NO/c1-2-3-10-4-11(8-18-7-10)13-5-12(9-19)14(16)6-15(13)17/h4-9H,1H3. The third kappa shape index (κ3) is 2.66. The van der Waals surface area contributed by atoms with E-state index in [9.17, 15) is 13.6 Å². The maximum Gasteiger partial charge on any atom is 0.153 e. The Morgan fingerprint density at radius 1 is 1.16 bits per heavy atom. The Morgan fingerprint density at radius 3 is 2.63 bits per heavy atom. The van der Waals surface area contributed by atoms with E-state index in [1.165, 1.54) is 6.20 Å². The van der Waals surface area contributed by atoms with Gasteiger partial charge in [0.15, 0.2) is 6.29 Å². The van der Waals surface area contributed by atoms with Gasteiger partial charge in [-0.1, -0.05) is 5.92 Å². The molecule has 0 radical (unpaired) electrons. The molecule has 94 valence electrons. The number of hydrogen-bond donors (Lipinski definition) is 0. The predicted molar refractivity (Wildman–Crippen MR) is 67.5 cm³/mol. The van der Waals surface area contributed by atoms with E-state index >= 15 is 0 Å². The highest BCUT2D eigenvalue weighted by atomic mass is 19.1. The number of benzene rings is 1. The summed E-state index contributed by atoms with van der Waals surface area (Å²) in [5.74, 6) is 3.88. The molecule has 0 aliphatic rings. The minimum absolute atomic E-state index is 0.121. The normalized spacial score (nSPS) is 9.63. The van der Waals surface area contributed by atoms with Crippen LogP contribution in [0.1, 0.15) is 22.8 Å². The first-order valence-corrected chi connectivity index (χ1v) is 5.48. The van der Waals surface area contributed by atoms with Crippen LogP contribution in [0.4, 0.5) is 8.78 Å². The first kappa shape index (κ1) is 12.9. The lowest BCUT2D eigenvalue weighted by Gasteiger charge is -2.05. The monoisotopic (exact) mass is 257 g/mol. The predicted octanol–water partition coefficient (Wildman–Crippen LogP) is 3.21. The highest BCUT2D eigenvalue weighted by Gasteiger charge is 2.11. The summed E-state index contributed by atoms with van der Waals surface area (Å²) in [5, 5.41) is 0. The number of carbonyl (C=O) groups excluding carboxylic acids is 1. The molecule has 2 aromatic rings. The minimum atomic E-state index is -0.881. The number of carbonyl (C=O) groups is 1. The van der Waals surface area contributed by atoms with Crippen LogP contribution in [-0.2, 0) is 0 Å². The SMILES string of the molecule is CC#Cc1cncc(-c2cc(C=O)c(F)cc2F)c1. The maximum absolute atomic E-state index is 13.8. The van der Waals surface area contributed by atoms with E-state index in [1.54, 1.807) is 19.2 Å². The molecule has 0 aliphatic carbocycles. The van der Waals surface area contributed by atoms with Crippen molar-refractivity contribution in [2.24, 2.45) is 0 Å². The Bertz CT molecular complexity index is 699. The second-order valence-electron chi connectivity index (χ2n) is 3.81. The molecule has 0 atom stereocenters. The number of hydrogen-bond acceptors (Lipinski definition) is 2. The molecule has 2 rings (SSSR count). The molecule has 0 fully saturated rings. The first-order chi connectivity index (χ1) is 9.15. The molecule has 0 bridgehead atoms. The van der Waals surface area contributed by atoms with Crippen molar-refractivity contribution in [3.05, 3.63) is 53.4 Å². The molecule has 1 aromatic carbocycles. The molecule has 0 unspecified atom stereocenters. The fraction of sp³-hybridized carbons (Fsp3) is 0.0667. The average molecular weight is 257 g/mol. The Morgan fingerprint density at radius 2 is 1.95 bits per heavy atom. The van der Waals surface area contributed by atoms with Crippen molar-refractivity contribution >= 4 is 6.29 Å². The summed E-state index contributed by atoms with van der Waals surface area (Å²) in [4.78, 5) is 14.6. The van der Waals surface area contributed by atoms with E-state index in [1.807, 2.05) is 0 Å². The summed E-state index contributed by atoms with van der Waals surface area (Å²) in [6.45, 7) is 1.68. The summed E-state index contributed by atoms with van der Waals surface area (Å²) in [7, 11) is 0. The summed E-state index contributed by atoms with van der Waals surface area (Å²) in [6, 6.07) is 3.49. The third-order valence-corrected chi connectivity index (χ3v) is 2.53. The van der Waals surface area contributed by atoms with Gasteiger partial charge in [-0.25, -0.2) is 8.78 Å². The highest BCUT2D eigenvalue weighted by Crippen LogP contribution is 2.25. The van der Waals surface area contributed by atoms with E-state index in [-0.39, 0.29) is 11.1 Å². The van der Waals surface area contributed by atoms with Gasteiger partial charge in [0.05, 0.1) is 5.56 Å². The van der Waals surface area contributed by atoms with Gasteiger partial charge in [-0.15, -0.1) is 5.92 Å². The van der Waals surface area contributed by atoms with Crippen LogP contribution in [-0.4, -0.2) is 11.3 Å². The minimum Gasteiger partial charge on any atom is -0.298 e. The Balaban J connectivity index is 2.60. The molecular weight excluding hydrogens is 248 g/mol. The smallest absolute Gasteiger partial charge is 0.153 e. The van der Waals surface area contributed by atoms with Crippen LogP contribution < -0.4 is 0 Å². The van der Waals surface area contributed by atoms with Gasteiger partial charge in [-0.2, -0.15) is 0 Å². The van der Waals surface area contributed by atoms with Crippen molar-refractivity contribution in [3.8, 4) is 23.0 Å². The Labute approximate surface area is 109 Å². The fourth-order valence-corrected chi connectivity index (χ4v) is 1.68. The van der Waals surface area contributed by atoms with E-state index in [0.29, 0.717) is 23.5 Å². The molecule has 19 heavy (non-hydrogen) atoms. The van der Waals surface area contributed by atoms with E-state index in [0.717, 1.165) is 6.07 Å². The quantitative estimate of drug-likeness (QED) is 0.610. The largest absolute Gasteiger partial charge is 0.298 e. The molecule has 0 saturated carbocycles. The zero-order valence-electron chi connectivity index (χ0n) is 10.1. The molecule has 0 aliphatic heterocycles. The molecule has 0 amide bonds. The molecule has 0 N–H and O–H groups in total. The van der Waals surface area contributed by atoms with Crippen molar-refractivity contribution in [3.63, 3.8) is 0 Å². The maximum atomic E-state index is 13.8. The topological polar surface area (TPSA) is 30.0 Å². The lowest BCUT2D eigenvalue weighted by atomic mass is 10.0. The van der Waals surface area contributed by atoms with E-state index in [4.69, 9.17) is 0 Å². The number of rotatable bonds is 2. The van der Waals surface area contributed by atoms with E-state index < -0.39 is 11.6 Å². The van der Waals surface area contributed by atoms with Crippen molar-refractivity contribution in [2.45, 2.75) is 6.92 Å². The lowest BCUT2D eigenvalue weighted by molar-refractivity contribution is 0.112. The van der Waals surface area contributed by atoms with Gasteiger partial charge < -0.3 is 0 Å². The van der Waals surface area contributed by atoms with Gasteiger partial charge in [-0.05, 0) is 19.1 Å². The Hall–Kier alpha value is -2.54. The molecule has 1 heterocycles. The third-order valence-electron chi connectivity index (χ3n) is 2.53. The highest BCUT2D eigenvalue weighted by molar-refractivity contribution is 5.79. The van der Waals surface area contributed by atoms with Crippen LogP contribution in [0, 0.1) is 23.5 Å². The second-order valence-corrected chi connectivity index (χ2v) is 3.81. The number of aromatic nitrogens is 1. The average Bonchev–Trinajstić information content (AvgIpc) is 2.39. The molecule has 2 nitrogen and oxygen atoms in total. The van der Waals surface area contributed by atoms with Crippen LogP contribution in [0.25, 0.3) is 11.1 Å². The number of nitrogens with zero attached hydrogens (tertiary/aromatic N) is 1. The van der Waals surface area contributed by atoms with Gasteiger partial charge in [-0.3, -0.25) is 9.78 Å². The zero-order chi connectivity index (χ0) is 13.8. The molecule has 1 aromatic heterocycles. The van der Waals surface area contributed by atoms with E-state index in [2.05, 4.69) is 16.8 Å². The van der Waals surface area contributed by atoms with Crippen molar-refractivity contribution < 1.29 is 13.6 Å². The first-order valence-electron chi connectivity index (χ1n) is 5.48. The van der Waals surface area contributed by atoms with Crippen molar-refractivity contribution in [1.29, 1.82) is 0 Å². The second kappa shape index (κ2) is 5.40. The number of halogens is 2. The number of pyridine rings is 1. The van der Waals surface area contributed by atoms with Crippen molar-refractivity contribution in [2.75, 3.05) is 0 Å². The molecule has 0 saturated heterocycles. The molecule has 4 heteroatoms. The summed E-state index contributed by atoms with van der Waals surface area (Å²) in [6.07, 6.45) is 3.33. The van der Waals surface area contributed by atoms with Crippen LogP contribution in [0.2, 0.25) is 0 Å². The van der Waals surface area contributed by atoms with Gasteiger partial charge in [0, 0.05) is 35.2 Å². The Kier molecular flexibility index (Phi) is 3.67.